The molecule has 0 saturated carbocycles. The number of carbonyl (C=O) groups excluding carboxylic acids is 2. The normalized spacial score (nSPS) is 10.9. The van der Waals surface area contributed by atoms with Gasteiger partial charge in [-0.05, 0) is 18.1 Å². The van der Waals surface area contributed by atoms with E-state index in [1.165, 1.54) is 0 Å². The van der Waals surface area contributed by atoms with E-state index in [9.17, 15) is 14.7 Å². The average molecular weight is 313 g/mol. The fourth-order valence-electron chi connectivity index (χ4n) is 2.24. The van der Waals surface area contributed by atoms with E-state index in [4.69, 9.17) is 4.74 Å². The highest BCUT2D eigenvalue weighted by Crippen LogP contribution is 2.30. The number of likely N-dealkylation sites (N-methyl/N-ethyl adjacent to an activating group) is 1. The van der Waals surface area contributed by atoms with Crippen LogP contribution in [0.3, 0.4) is 0 Å². The quantitative estimate of drug-likeness (QED) is 0.794. The van der Waals surface area contributed by atoms with Crippen LogP contribution >= 0.6 is 0 Å². The molecule has 0 fully saturated rings. The van der Waals surface area contributed by atoms with Gasteiger partial charge in [-0.25, -0.2) is 4.79 Å². The van der Waals surface area contributed by atoms with Crippen LogP contribution in [0, 0.1) is 0 Å². The van der Waals surface area contributed by atoms with Crippen LogP contribution in [0.25, 0.3) is 0 Å². The zero-order chi connectivity index (χ0) is 16.7. The molecule has 0 spiro atoms. The van der Waals surface area contributed by atoms with Crippen molar-refractivity contribution < 1.29 is 19.4 Å². The van der Waals surface area contributed by atoms with Crippen molar-refractivity contribution in [1.29, 1.82) is 0 Å². The molecule has 0 aliphatic carbocycles. The summed E-state index contributed by atoms with van der Waals surface area (Å²) in [7, 11) is 0. The van der Waals surface area contributed by atoms with Crippen molar-refractivity contribution in [1.82, 2.24) is 5.32 Å². The third-order valence-electron chi connectivity index (χ3n) is 3.39. The largest absolute Gasteiger partial charge is 0.453 e. The molecule has 1 amide bonds. The molecule has 0 aromatic heterocycles. The first-order valence-corrected chi connectivity index (χ1v) is 7.36. The highest BCUT2D eigenvalue weighted by molar-refractivity contribution is 5.88. The highest BCUT2D eigenvalue weighted by Gasteiger charge is 2.41. The predicted molar refractivity (Wildman–Crippen MR) is 85.5 cm³/mol. The first kappa shape index (κ1) is 16.7. The van der Waals surface area contributed by atoms with Crippen molar-refractivity contribution >= 4 is 11.9 Å². The fourth-order valence-corrected chi connectivity index (χ4v) is 2.24. The van der Waals surface area contributed by atoms with Crippen LogP contribution in [-0.4, -0.2) is 30.1 Å². The zero-order valence-corrected chi connectivity index (χ0v) is 12.9. The van der Waals surface area contributed by atoms with Crippen LogP contribution in [-0.2, 0) is 19.9 Å². The van der Waals surface area contributed by atoms with Crippen molar-refractivity contribution in [3.05, 3.63) is 71.8 Å². The maximum Gasteiger partial charge on any atom is 0.348 e. The maximum atomic E-state index is 12.5. The van der Waals surface area contributed by atoms with Crippen LogP contribution in [0.5, 0.6) is 0 Å². The molecule has 5 heteroatoms. The molecule has 23 heavy (non-hydrogen) atoms. The molecule has 0 radical (unpaired) electrons. The monoisotopic (exact) mass is 313 g/mol. The Bertz CT molecular complexity index is 616. The molecule has 0 aliphatic heterocycles. The van der Waals surface area contributed by atoms with E-state index in [-0.39, 0.29) is 0 Å². The van der Waals surface area contributed by atoms with Crippen LogP contribution in [0.1, 0.15) is 18.1 Å². The number of aliphatic hydroxyl groups is 1. The van der Waals surface area contributed by atoms with E-state index in [2.05, 4.69) is 5.32 Å². The van der Waals surface area contributed by atoms with E-state index >= 15 is 0 Å². The van der Waals surface area contributed by atoms with E-state index in [1.807, 2.05) is 0 Å². The molecule has 2 aromatic carbocycles. The second-order valence-electron chi connectivity index (χ2n) is 4.97. The molecule has 5 nitrogen and oxygen atoms in total. The van der Waals surface area contributed by atoms with Crippen LogP contribution in [0.15, 0.2) is 60.7 Å². The molecule has 0 heterocycles. The minimum atomic E-state index is -1.96. The molecule has 0 aliphatic rings. The number of ether oxygens (including phenoxy) is 1. The lowest BCUT2D eigenvalue weighted by molar-refractivity contribution is -0.164. The summed E-state index contributed by atoms with van der Waals surface area (Å²) in [5.74, 6) is -1.30. The van der Waals surface area contributed by atoms with Gasteiger partial charge in [-0.2, -0.15) is 0 Å². The summed E-state index contributed by atoms with van der Waals surface area (Å²) in [4.78, 5) is 24.0. The Morgan fingerprint density at radius 1 is 1.00 bits per heavy atom. The van der Waals surface area contributed by atoms with Gasteiger partial charge in [0.15, 0.2) is 6.61 Å². The molecule has 2 rings (SSSR count). The van der Waals surface area contributed by atoms with Crippen LogP contribution < -0.4 is 5.32 Å². The molecule has 0 atom stereocenters. The van der Waals surface area contributed by atoms with Gasteiger partial charge in [0.1, 0.15) is 0 Å². The number of rotatable bonds is 6. The van der Waals surface area contributed by atoms with Gasteiger partial charge in [-0.15, -0.1) is 0 Å². The first-order chi connectivity index (χ1) is 11.1. The lowest BCUT2D eigenvalue weighted by Crippen LogP contribution is -2.40. The Morgan fingerprint density at radius 2 is 1.48 bits per heavy atom. The molecule has 0 unspecified atom stereocenters. The molecule has 2 N–H and O–H groups in total. The smallest absolute Gasteiger partial charge is 0.348 e. The number of carbonyl (C=O) groups is 2. The van der Waals surface area contributed by atoms with E-state index in [0.29, 0.717) is 17.7 Å². The number of amides is 1. The second kappa shape index (κ2) is 7.56. The van der Waals surface area contributed by atoms with Crippen molar-refractivity contribution in [3.63, 3.8) is 0 Å². The van der Waals surface area contributed by atoms with Crippen LogP contribution in [0.2, 0.25) is 0 Å². The molecule has 0 bridgehead atoms. The molecule has 120 valence electrons. The van der Waals surface area contributed by atoms with Gasteiger partial charge in [0, 0.05) is 6.54 Å². The predicted octanol–water partition coefficient (Wildman–Crippen LogP) is 1.60. The average Bonchev–Trinajstić information content (AvgIpc) is 2.60. The lowest BCUT2D eigenvalue weighted by Gasteiger charge is -2.26. The summed E-state index contributed by atoms with van der Waals surface area (Å²) in [6, 6.07) is 17.0. The number of hydrogen-bond acceptors (Lipinski definition) is 4. The Morgan fingerprint density at radius 3 is 1.91 bits per heavy atom. The Labute approximate surface area is 134 Å². The summed E-state index contributed by atoms with van der Waals surface area (Å²) in [5.41, 5.74) is -1.20. The van der Waals surface area contributed by atoms with Crippen molar-refractivity contribution in [2.75, 3.05) is 13.2 Å². The van der Waals surface area contributed by atoms with Gasteiger partial charge in [0.2, 0.25) is 5.60 Å². The van der Waals surface area contributed by atoms with E-state index in [0.717, 1.165) is 0 Å². The topological polar surface area (TPSA) is 75.6 Å². The molecule has 0 saturated heterocycles. The van der Waals surface area contributed by atoms with E-state index in [1.54, 1.807) is 67.6 Å². The Hall–Kier alpha value is -2.66. The number of nitrogens with one attached hydrogen (secondary N) is 1. The summed E-state index contributed by atoms with van der Waals surface area (Å²) >= 11 is 0. The van der Waals surface area contributed by atoms with Gasteiger partial charge >= 0.3 is 5.97 Å². The van der Waals surface area contributed by atoms with Gasteiger partial charge in [-0.1, -0.05) is 60.7 Å². The zero-order valence-electron chi connectivity index (χ0n) is 12.9. The van der Waals surface area contributed by atoms with Gasteiger partial charge in [0.25, 0.3) is 5.91 Å². The standard InChI is InChI=1S/C18H19NO4/c1-2-19-16(20)13-23-17(21)18(22,14-9-5-3-6-10-14)15-11-7-4-8-12-15/h3-12,22H,2,13H2,1H3,(H,19,20). The Kier molecular flexibility index (Phi) is 5.49. The summed E-state index contributed by atoms with van der Waals surface area (Å²) in [5, 5.41) is 13.6. The Balaban J connectivity index is 2.31. The minimum Gasteiger partial charge on any atom is -0.453 e. The molecule has 2 aromatic rings. The third kappa shape index (κ3) is 3.76. The third-order valence-corrected chi connectivity index (χ3v) is 3.39. The minimum absolute atomic E-state index is 0.382. The first-order valence-electron chi connectivity index (χ1n) is 7.36. The van der Waals surface area contributed by atoms with Crippen molar-refractivity contribution in [2.24, 2.45) is 0 Å². The van der Waals surface area contributed by atoms with Crippen LogP contribution in [0.4, 0.5) is 0 Å². The van der Waals surface area contributed by atoms with Gasteiger partial charge < -0.3 is 15.2 Å². The lowest BCUT2D eigenvalue weighted by atomic mass is 9.86. The van der Waals surface area contributed by atoms with E-state index < -0.39 is 24.1 Å². The number of esters is 1. The molecular weight excluding hydrogens is 294 g/mol. The summed E-state index contributed by atoms with van der Waals surface area (Å²) in [6.07, 6.45) is 0. The van der Waals surface area contributed by atoms with Gasteiger partial charge in [-0.3, -0.25) is 4.79 Å². The van der Waals surface area contributed by atoms with Gasteiger partial charge in [0.05, 0.1) is 0 Å². The van der Waals surface area contributed by atoms with Crippen molar-refractivity contribution in [2.45, 2.75) is 12.5 Å². The maximum absolute atomic E-state index is 12.5. The number of hydrogen-bond donors (Lipinski definition) is 2. The summed E-state index contributed by atoms with van der Waals surface area (Å²) < 4.78 is 5.03. The van der Waals surface area contributed by atoms with Crippen molar-refractivity contribution in [3.8, 4) is 0 Å². The second-order valence-corrected chi connectivity index (χ2v) is 4.97. The fraction of sp³-hybridized carbons (Fsp3) is 0.222. The number of benzene rings is 2. The SMILES string of the molecule is CCNC(=O)COC(=O)C(O)(c1ccccc1)c1ccccc1. The summed E-state index contributed by atoms with van der Waals surface area (Å²) in [6.45, 7) is 1.77. The highest BCUT2D eigenvalue weighted by atomic mass is 16.6. The molecular formula is C18H19NO4.